The number of nitrogens with zero attached hydrogens (tertiary/aromatic N) is 4. The van der Waals surface area contributed by atoms with Crippen molar-refractivity contribution in [1.29, 1.82) is 0 Å². The first-order valence-corrected chi connectivity index (χ1v) is 17.6. The summed E-state index contributed by atoms with van der Waals surface area (Å²) in [5.74, 6) is 2.97. The fourth-order valence-electron chi connectivity index (χ4n) is 6.25. The number of anilines is 1. The van der Waals surface area contributed by atoms with E-state index in [1.807, 2.05) is 24.3 Å². The van der Waals surface area contributed by atoms with Crippen LogP contribution in [0.15, 0.2) is 24.3 Å². The van der Waals surface area contributed by atoms with Crippen molar-refractivity contribution in [3.05, 3.63) is 35.7 Å². The molecule has 7 nitrogen and oxygen atoms in total. The first-order valence-electron chi connectivity index (χ1n) is 15.2. The minimum Gasteiger partial charge on any atom is -0.497 e. The van der Waals surface area contributed by atoms with Gasteiger partial charge in [0.25, 0.3) is 0 Å². The van der Waals surface area contributed by atoms with Gasteiger partial charge in [-0.15, -0.1) is 0 Å². The zero-order valence-electron chi connectivity index (χ0n) is 26.9. The fourth-order valence-corrected chi connectivity index (χ4v) is 8.96. The summed E-state index contributed by atoms with van der Waals surface area (Å²) in [6, 6.07) is 7.96. The molecule has 2 heterocycles. The van der Waals surface area contributed by atoms with Crippen molar-refractivity contribution in [3.8, 4) is 5.75 Å². The maximum Gasteiger partial charge on any atom is 0.214 e. The maximum absolute atomic E-state index is 13.7. The van der Waals surface area contributed by atoms with Crippen molar-refractivity contribution < 1.29 is 13.2 Å². The predicted molar refractivity (Wildman–Crippen MR) is 172 cm³/mol. The lowest BCUT2D eigenvalue weighted by molar-refractivity contribution is 0.221. The Hall–Kier alpha value is -1.71. The van der Waals surface area contributed by atoms with E-state index in [4.69, 9.17) is 9.72 Å². The second kappa shape index (κ2) is 14.2. The van der Waals surface area contributed by atoms with Crippen molar-refractivity contribution in [3.63, 3.8) is 0 Å². The number of piperazine rings is 1. The number of ether oxygens (including phenoxy) is 1. The lowest BCUT2D eigenvalue weighted by Gasteiger charge is -2.36. The van der Waals surface area contributed by atoms with Gasteiger partial charge in [-0.1, -0.05) is 73.9 Å². The highest BCUT2D eigenvalue weighted by molar-refractivity contribution is 7.89. The normalized spacial score (nSPS) is 17.8. The van der Waals surface area contributed by atoms with Gasteiger partial charge >= 0.3 is 0 Å². The largest absolute Gasteiger partial charge is 0.497 e. The minimum absolute atomic E-state index is 0.169. The number of methoxy groups -OCH3 is 1. The summed E-state index contributed by atoms with van der Waals surface area (Å²) < 4.78 is 39.0. The van der Waals surface area contributed by atoms with Crippen LogP contribution in [0.3, 0.4) is 0 Å². The van der Waals surface area contributed by atoms with Gasteiger partial charge in [-0.3, -0.25) is 0 Å². The van der Waals surface area contributed by atoms with E-state index in [-0.39, 0.29) is 17.1 Å². The molecule has 1 saturated heterocycles. The molecular weight excluding hydrogens is 553 g/mol. The van der Waals surface area contributed by atoms with Gasteiger partial charge < -0.3 is 9.64 Å². The zero-order valence-corrected chi connectivity index (χ0v) is 28.6. The SMILES string of the molecule is COc1cccc(Cc2nsc(N3CCN(S(=O)(=O)CC(CCC(C)CC(C)(C)C)C(C)CC(C)(C)C)CC3)n2)c1. The predicted octanol–water partition coefficient (Wildman–Crippen LogP) is 7.13. The second-order valence-electron chi connectivity index (χ2n) is 14.6. The Kier molecular flexibility index (Phi) is 11.7. The molecule has 1 fully saturated rings. The summed E-state index contributed by atoms with van der Waals surface area (Å²) in [6.07, 6.45) is 4.88. The maximum atomic E-state index is 13.7. The Morgan fingerprint density at radius 3 is 2.24 bits per heavy atom. The highest BCUT2D eigenvalue weighted by atomic mass is 32.2. The monoisotopic (exact) mass is 606 g/mol. The molecule has 1 aromatic heterocycles. The van der Waals surface area contributed by atoms with Crippen molar-refractivity contribution in [1.82, 2.24) is 13.7 Å². The average molecular weight is 607 g/mol. The molecule has 41 heavy (non-hydrogen) atoms. The van der Waals surface area contributed by atoms with Crippen LogP contribution in [0.25, 0.3) is 0 Å². The van der Waals surface area contributed by atoms with Crippen LogP contribution in [0, 0.1) is 28.6 Å². The molecule has 232 valence electrons. The van der Waals surface area contributed by atoms with Crippen molar-refractivity contribution in [2.75, 3.05) is 43.9 Å². The van der Waals surface area contributed by atoms with Crippen LogP contribution in [0.4, 0.5) is 5.13 Å². The van der Waals surface area contributed by atoms with Crippen LogP contribution in [0.2, 0.25) is 0 Å². The van der Waals surface area contributed by atoms with Crippen molar-refractivity contribution in [2.24, 2.45) is 28.6 Å². The molecule has 0 bridgehead atoms. The Labute approximate surface area is 254 Å². The van der Waals surface area contributed by atoms with E-state index in [0.717, 1.165) is 48.0 Å². The lowest BCUT2D eigenvalue weighted by Crippen LogP contribution is -2.50. The number of rotatable bonds is 13. The summed E-state index contributed by atoms with van der Waals surface area (Å²) in [5.41, 5.74) is 1.57. The summed E-state index contributed by atoms with van der Waals surface area (Å²) >= 11 is 1.39. The van der Waals surface area contributed by atoms with Gasteiger partial charge in [-0.2, -0.15) is 8.68 Å². The van der Waals surface area contributed by atoms with Gasteiger partial charge in [0.15, 0.2) is 0 Å². The topological polar surface area (TPSA) is 75.6 Å². The van der Waals surface area contributed by atoms with Crippen LogP contribution < -0.4 is 9.64 Å². The lowest BCUT2D eigenvalue weighted by atomic mass is 9.77. The third kappa shape index (κ3) is 11.1. The summed E-state index contributed by atoms with van der Waals surface area (Å²) in [6.45, 7) is 20.5. The van der Waals surface area contributed by atoms with E-state index in [0.29, 0.717) is 49.9 Å². The first-order chi connectivity index (χ1) is 19.0. The van der Waals surface area contributed by atoms with Crippen LogP contribution in [0.1, 0.15) is 92.5 Å². The van der Waals surface area contributed by atoms with E-state index in [1.54, 1.807) is 11.4 Å². The van der Waals surface area contributed by atoms with Crippen LogP contribution in [0.5, 0.6) is 5.75 Å². The van der Waals surface area contributed by atoms with Gasteiger partial charge in [0, 0.05) is 44.1 Å². The molecule has 0 N–H and O–H groups in total. The minimum atomic E-state index is -3.35. The molecule has 3 unspecified atom stereocenters. The molecule has 2 aromatic rings. The Morgan fingerprint density at radius 1 is 0.976 bits per heavy atom. The van der Waals surface area contributed by atoms with Crippen LogP contribution >= 0.6 is 11.5 Å². The number of sulfonamides is 1. The number of benzene rings is 1. The van der Waals surface area contributed by atoms with Gasteiger partial charge in [0.2, 0.25) is 15.2 Å². The van der Waals surface area contributed by atoms with E-state index < -0.39 is 10.0 Å². The standard InChI is InChI=1S/C32H54N4O3S2/c1-24(21-31(3,4)5)13-14-27(25(2)22-32(6,7)8)23-41(37,38)36-17-15-35(16-18-36)30-33-29(34-40-30)20-26-11-10-12-28(19-26)39-9/h10-12,19,24-25,27H,13-18,20-23H2,1-9H3. The molecular formula is C32H54N4O3S2. The molecule has 9 heteroatoms. The molecule has 3 rings (SSSR count). The molecule has 0 radical (unpaired) electrons. The first kappa shape index (κ1) is 33.8. The molecule has 1 aromatic carbocycles. The highest BCUT2D eigenvalue weighted by Gasteiger charge is 2.33. The summed E-state index contributed by atoms with van der Waals surface area (Å²) in [4.78, 5) is 6.94. The number of aromatic nitrogens is 2. The van der Waals surface area contributed by atoms with E-state index in [9.17, 15) is 8.42 Å². The molecule has 1 aliphatic heterocycles. The van der Waals surface area contributed by atoms with Crippen molar-refractivity contribution in [2.45, 2.75) is 87.5 Å². The highest BCUT2D eigenvalue weighted by Crippen LogP contribution is 2.35. The van der Waals surface area contributed by atoms with E-state index >= 15 is 0 Å². The van der Waals surface area contributed by atoms with E-state index in [1.165, 1.54) is 11.5 Å². The summed E-state index contributed by atoms with van der Waals surface area (Å²) in [7, 11) is -1.69. The zero-order chi connectivity index (χ0) is 30.4. The molecule has 1 aliphatic rings. The smallest absolute Gasteiger partial charge is 0.214 e. The van der Waals surface area contributed by atoms with Gasteiger partial charge in [0.1, 0.15) is 11.6 Å². The fraction of sp³-hybridized carbons (Fsp3) is 0.750. The number of hydrogen-bond acceptors (Lipinski definition) is 7. The van der Waals surface area contributed by atoms with Crippen LogP contribution in [-0.2, 0) is 16.4 Å². The van der Waals surface area contributed by atoms with Gasteiger partial charge in [0.05, 0.1) is 12.9 Å². The van der Waals surface area contributed by atoms with E-state index in [2.05, 4.69) is 64.7 Å². The molecule has 0 spiro atoms. The Bertz CT molecular complexity index is 1190. The quantitative estimate of drug-likeness (QED) is 0.241. The molecule has 0 saturated carbocycles. The second-order valence-corrected chi connectivity index (χ2v) is 17.4. The van der Waals surface area contributed by atoms with Crippen LogP contribution in [-0.4, -0.2) is 61.1 Å². The van der Waals surface area contributed by atoms with Crippen molar-refractivity contribution >= 4 is 26.7 Å². The third-order valence-electron chi connectivity index (χ3n) is 8.01. The molecule has 3 atom stereocenters. The Morgan fingerprint density at radius 2 is 1.63 bits per heavy atom. The summed E-state index contributed by atoms with van der Waals surface area (Å²) in [5, 5.41) is 0.865. The van der Waals surface area contributed by atoms with Gasteiger partial charge in [-0.25, -0.2) is 13.4 Å². The third-order valence-corrected chi connectivity index (χ3v) is 10.8. The van der Waals surface area contributed by atoms with Gasteiger partial charge in [-0.05, 0) is 65.5 Å². The Balaban J connectivity index is 1.60. The molecule has 0 aliphatic carbocycles. The average Bonchev–Trinajstić information content (AvgIpc) is 3.33. The molecule has 0 amide bonds. The number of hydrogen-bond donors (Lipinski definition) is 0.